The molecule has 1 unspecified atom stereocenters. The smallest absolute Gasteiger partial charge is 0.193 e. The van der Waals surface area contributed by atoms with Crippen LogP contribution < -0.4 is 5.32 Å². The topological polar surface area (TPSA) is 34.1 Å². The molecule has 2 heterocycles. The Morgan fingerprint density at radius 1 is 1.12 bits per heavy atom. The lowest BCUT2D eigenvalue weighted by atomic mass is 9.93. The van der Waals surface area contributed by atoms with Gasteiger partial charge >= 0.3 is 0 Å². The van der Waals surface area contributed by atoms with E-state index in [0.29, 0.717) is 6.04 Å². The van der Waals surface area contributed by atoms with E-state index in [4.69, 9.17) is 0 Å². The molecule has 2 saturated heterocycles. The van der Waals surface area contributed by atoms with Gasteiger partial charge in [-0.1, -0.05) is 13.8 Å². The first-order valence-corrected chi connectivity index (χ1v) is 10.1. The van der Waals surface area contributed by atoms with Gasteiger partial charge in [0.25, 0.3) is 0 Å². The van der Waals surface area contributed by atoms with E-state index >= 15 is 0 Å². The van der Waals surface area contributed by atoms with Crippen LogP contribution in [0.1, 0.15) is 46.0 Å². The largest absolute Gasteiger partial charge is 0.356 e. The number of piperidine rings is 1. The van der Waals surface area contributed by atoms with Crippen molar-refractivity contribution in [3.05, 3.63) is 0 Å². The lowest BCUT2D eigenvalue weighted by molar-refractivity contribution is 0.187. The molecule has 2 fully saturated rings. The molecule has 0 bridgehead atoms. The molecule has 140 valence electrons. The Kier molecular flexibility index (Phi) is 8.33. The van der Waals surface area contributed by atoms with Crippen molar-refractivity contribution >= 4 is 5.96 Å². The van der Waals surface area contributed by atoms with Crippen molar-refractivity contribution in [2.45, 2.75) is 52.0 Å². The molecule has 1 atom stereocenters. The fourth-order valence-electron chi connectivity index (χ4n) is 4.28. The Bertz CT molecular complexity index is 376. The highest BCUT2D eigenvalue weighted by Gasteiger charge is 2.25. The van der Waals surface area contributed by atoms with Crippen LogP contribution in [0.25, 0.3) is 0 Å². The molecule has 0 aromatic rings. The van der Waals surface area contributed by atoms with Crippen LogP contribution in [0.15, 0.2) is 4.99 Å². The summed E-state index contributed by atoms with van der Waals surface area (Å²) >= 11 is 0. The molecule has 1 N–H and O–H groups in total. The fraction of sp³-hybridized carbons (Fsp3) is 0.947. The van der Waals surface area contributed by atoms with E-state index in [-0.39, 0.29) is 0 Å². The summed E-state index contributed by atoms with van der Waals surface area (Å²) in [4.78, 5) is 12.0. The van der Waals surface area contributed by atoms with E-state index in [2.05, 4.69) is 45.9 Å². The minimum atomic E-state index is 0.692. The van der Waals surface area contributed by atoms with Crippen LogP contribution in [-0.2, 0) is 0 Å². The summed E-state index contributed by atoms with van der Waals surface area (Å²) in [5.41, 5.74) is 0. The average molecular weight is 338 g/mol. The first-order valence-electron chi connectivity index (χ1n) is 10.1. The van der Waals surface area contributed by atoms with Gasteiger partial charge in [0.1, 0.15) is 0 Å². The average Bonchev–Trinajstić information content (AvgIpc) is 3.06. The predicted molar refractivity (Wildman–Crippen MR) is 104 cm³/mol. The summed E-state index contributed by atoms with van der Waals surface area (Å²) in [5.74, 6) is 1.94. The highest BCUT2D eigenvalue weighted by Crippen LogP contribution is 2.20. The molecule has 0 aliphatic carbocycles. The summed E-state index contributed by atoms with van der Waals surface area (Å²) in [6.45, 7) is 12.9. The lowest BCUT2D eigenvalue weighted by Crippen LogP contribution is -2.46. The fourth-order valence-corrected chi connectivity index (χ4v) is 4.28. The number of aliphatic imine (C=N–C) groups is 1. The number of guanidine groups is 1. The van der Waals surface area contributed by atoms with Gasteiger partial charge in [-0.25, -0.2) is 0 Å². The maximum atomic E-state index is 4.49. The number of likely N-dealkylation sites (tertiary alicyclic amines) is 2. The monoisotopic (exact) mass is 337 g/mol. The van der Waals surface area contributed by atoms with Crippen LogP contribution in [0, 0.1) is 5.92 Å². The highest BCUT2D eigenvalue weighted by atomic mass is 15.3. The SMILES string of the molecule is CCN1CCC(CCNC(=NC)N(C)CC2CCCN2CC)CC1. The Balaban J connectivity index is 1.68. The molecule has 5 heteroatoms. The van der Waals surface area contributed by atoms with Gasteiger partial charge in [0.15, 0.2) is 5.96 Å². The molecule has 5 nitrogen and oxygen atoms in total. The van der Waals surface area contributed by atoms with E-state index in [0.717, 1.165) is 25.0 Å². The summed E-state index contributed by atoms with van der Waals surface area (Å²) in [5, 5.41) is 3.59. The first-order chi connectivity index (χ1) is 11.7. The van der Waals surface area contributed by atoms with Crippen molar-refractivity contribution in [2.24, 2.45) is 10.9 Å². The van der Waals surface area contributed by atoms with E-state index in [9.17, 15) is 0 Å². The zero-order valence-corrected chi connectivity index (χ0v) is 16.4. The Hall–Kier alpha value is -0.810. The van der Waals surface area contributed by atoms with Crippen molar-refractivity contribution < 1.29 is 0 Å². The van der Waals surface area contributed by atoms with Crippen molar-refractivity contribution in [3.63, 3.8) is 0 Å². The van der Waals surface area contributed by atoms with E-state index < -0.39 is 0 Å². The molecule has 24 heavy (non-hydrogen) atoms. The normalized spacial score (nSPS) is 24.5. The van der Waals surface area contributed by atoms with Gasteiger partial charge in [0.05, 0.1) is 0 Å². The standard InChI is InChI=1S/C19H39N5/c1-5-23-14-10-17(11-15-23)9-12-21-19(20-3)22(4)16-18-8-7-13-24(18)6-2/h17-18H,5-16H2,1-4H3,(H,20,21). The van der Waals surface area contributed by atoms with Crippen LogP contribution in [0.2, 0.25) is 0 Å². The first kappa shape index (κ1) is 19.5. The van der Waals surface area contributed by atoms with Crippen molar-refractivity contribution in [3.8, 4) is 0 Å². The van der Waals surface area contributed by atoms with Gasteiger partial charge in [0, 0.05) is 33.2 Å². The maximum Gasteiger partial charge on any atom is 0.193 e. The molecule has 0 radical (unpaired) electrons. The van der Waals surface area contributed by atoms with Gasteiger partial charge in [-0.15, -0.1) is 0 Å². The van der Waals surface area contributed by atoms with Gasteiger partial charge in [-0.3, -0.25) is 9.89 Å². The molecule has 0 amide bonds. The number of likely N-dealkylation sites (N-methyl/N-ethyl adjacent to an activating group) is 2. The van der Waals surface area contributed by atoms with E-state index in [1.807, 2.05) is 7.05 Å². The lowest BCUT2D eigenvalue weighted by Gasteiger charge is -2.32. The summed E-state index contributed by atoms with van der Waals surface area (Å²) in [6, 6.07) is 0.692. The van der Waals surface area contributed by atoms with E-state index in [1.54, 1.807) is 0 Å². The van der Waals surface area contributed by atoms with Crippen molar-refractivity contribution in [2.75, 3.05) is 59.9 Å². The van der Waals surface area contributed by atoms with E-state index in [1.165, 1.54) is 64.8 Å². The zero-order chi connectivity index (χ0) is 17.4. The molecular weight excluding hydrogens is 298 g/mol. The maximum absolute atomic E-state index is 4.49. The molecule has 0 saturated carbocycles. The summed E-state index contributed by atoms with van der Waals surface area (Å²) < 4.78 is 0. The third-order valence-corrected chi connectivity index (χ3v) is 5.95. The zero-order valence-electron chi connectivity index (χ0n) is 16.4. The minimum absolute atomic E-state index is 0.692. The summed E-state index contributed by atoms with van der Waals surface area (Å²) in [7, 11) is 4.09. The van der Waals surface area contributed by atoms with Crippen LogP contribution in [0.4, 0.5) is 0 Å². The molecule has 0 aromatic heterocycles. The van der Waals surface area contributed by atoms with Crippen LogP contribution in [0.5, 0.6) is 0 Å². The highest BCUT2D eigenvalue weighted by molar-refractivity contribution is 5.79. The quantitative estimate of drug-likeness (QED) is 0.570. The van der Waals surface area contributed by atoms with Crippen molar-refractivity contribution in [1.29, 1.82) is 0 Å². The second-order valence-electron chi connectivity index (χ2n) is 7.45. The molecule has 2 aliphatic rings. The van der Waals surface area contributed by atoms with Crippen LogP contribution >= 0.6 is 0 Å². The summed E-state index contributed by atoms with van der Waals surface area (Å²) in [6.07, 6.45) is 6.66. The number of nitrogens with one attached hydrogen (secondary N) is 1. The number of hydrogen-bond acceptors (Lipinski definition) is 3. The van der Waals surface area contributed by atoms with Crippen molar-refractivity contribution in [1.82, 2.24) is 20.0 Å². The third-order valence-electron chi connectivity index (χ3n) is 5.95. The second-order valence-corrected chi connectivity index (χ2v) is 7.45. The number of hydrogen-bond donors (Lipinski definition) is 1. The molecule has 0 aromatic carbocycles. The molecular formula is C19H39N5. The Morgan fingerprint density at radius 3 is 2.50 bits per heavy atom. The molecule has 2 rings (SSSR count). The van der Waals surface area contributed by atoms with Gasteiger partial charge in [0.2, 0.25) is 0 Å². The number of rotatable bonds is 7. The Morgan fingerprint density at radius 2 is 1.88 bits per heavy atom. The second kappa shape index (κ2) is 10.2. The predicted octanol–water partition coefficient (Wildman–Crippen LogP) is 2.10. The molecule has 0 spiro atoms. The third kappa shape index (κ3) is 5.62. The van der Waals surface area contributed by atoms with Gasteiger partial charge in [-0.2, -0.15) is 0 Å². The van der Waals surface area contributed by atoms with Crippen LogP contribution in [-0.4, -0.2) is 86.6 Å². The number of nitrogens with zero attached hydrogens (tertiary/aromatic N) is 4. The Labute approximate surface area is 149 Å². The van der Waals surface area contributed by atoms with Crippen LogP contribution in [0.3, 0.4) is 0 Å². The minimum Gasteiger partial charge on any atom is -0.356 e. The van der Waals surface area contributed by atoms with Gasteiger partial charge < -0.3 is 15.1 Å². The van der Waals surface area contributed by atoms with Gasteiger partial charge in [-0.05, 0) is 70.7 Å². The molecule has 2 aliphatic heterocycles.